The molecule has 0 radical (unpaired) electrons. The monoisotopic (exact) mass is 274 g/mol. The summed E-state index contributed by atoms with van der Waals surface area (Å²) in [5.41, 5.74) is 1.93. The number of fused-ring (bicyclic) bond motifs is 1. The molecule has 0 amide bonds. The second-order valence-electron chi connectivity index (χ2n) is 5.32. The Bertz CT molecular complexity index is 627. The normalized spacial score (nSPS) is 17.6. The fourth-order valence-electron chi connectivity index (χ4n) is 2.70. The second kappa shape index (κ2) is 5.26. The third kappa shape index (κ3) is 2.42. The molecule has 5 heteroatoms. The quantitative estimate of drug-likeness (QED) is 0.926. The smallest absolute Gasteiger partial charge is 0.336 e. The van der Waals surface area contributed by atoms with E-state index in [4.69, 9.17) is 4.42 Å². The van der Waals surface area contributed by atoms with Gasteiger partial charge in [0.2, 0.25) is 0 Å². The maximum atomic E-state index is 11.3. The lowest BCUT2D eigenvalue weighted by Crippen LogP contribution is -2.43. The number of carbonyl (C=O) groups is 1. The molecule has 2 heterocycles. The highest BCUT2D eigenvalue weighted by atomic mass is 16.4. The Labute approximate surface area is 117 Å². The number of likely N-dealkylation sites (N-methyl/N-ethyl adjacent to an activating group) is 1. The summed E-state index contributed by atoms with van der Waals surface area (Å²) in [5, 5.41) is 10.0. The number of benzene rings is 1. The summed E-state index contributed by atoms with van der Waals surface area (Å²) < 4.78 is 5.50. The molecule has 0 bridgehead atoms. The molecule has 0 saturated carbocycles. The number of carboxylic acids is 1. The molecule has 5 nitrogen and oxygen atoms in total. The van der Waals surface area contributed by atoms with Gasteiger partial charge in [-0.3, -0.25) is 4.90 Å². The number of nitrogens with zero attached hydrogens (tertiary/aromatic N) is 2. The van der Waals surface area contributed by atoms with Crippen molar-refractivity contribution in [1.29, 1.82) is 0 Å². The van der Waals surface area contributed by atoms with E-state index in [9.17, 15) is 9.90 Å². The highest BCUT2D eigenvalue weighted by molar-refractivity contribution is 6.03. The van der Waals surface area contributed by atoms with Crippen molar-refractivity contribution in [3.8, 4) is 0 Å². The minimum atomic E-state index is -0.906. The Balaban J connectivity index is 1.90. The zero-order chi connectivity index (χ0) is 14.1. The second-order valence-corrected chi connectivity index (χ2v) is 5.32. The first kappa shape index (κ1) is 13.1. The van der Waals surface area contributed by atoms with E-state index in [1.165, 1.54) is 0 Å². The van der Waals surface area contributed by atoms with Gasteiger partial charge in [0.25, 0.3) is 0 Å². The average Bonchev–Trinajstić information content (AvgIpc) is 2.84. The largest absolute Gasteiger partial charge is 0.478 e. The molecule has 2 aromatic rings. The van der Waals surface area contributed by atoms with E-state index in [2.05, 4.69) is 16.8 Å². The number of rotatable bonds is 3. The van der Waals surface area contributed by atoms with Crippen LogP contribution in [0, 0.1) is 0 Å². The summed E-state index contributed by atoms with van der Waals surface area (Å²) in [6.07, 6.45) is 1.69. The van der Waals surface area contributed by atoms with Crippen LogP contribution in [0.5, 0.6) is 0 Å². The van der Waals surface area contributed by atoms with E-state index >= 15 is 0 Å². The first-order chi connectivity index (χ1) is 9.65. The van der Waals surface area contributed by atoms with Gasteiger partial charge >= 0.3 is 5.97 Å². The average molecular weight is 274 g/mol. The molecule has 3 rings (SSSR count). The van der Waals surface area contributed by atoms with Crippen LogP contribution in [0.3, 0.4) is 0 Å². The molecule has 1 fully saturated rings. The lowest BCUT2D eigenvalue weighted by molar-refractivity contribution is 0.0699. The van der Waals surface area contributed by atoms with E-state index in [-0.39, 0.29) is 0 Å². The Morgan fingerprint density at radius 2 is 2.05 bits per heavy atom. The Kier molecular flexibility index (Phi) is 3.46. The van der Waals surface area contributed by atoms with Crippen molar-refractivity contribution in [2.45, 2.75) is 6.54 Å². The minimum absolute atomic E-state index is 0.320. The summed E-state index contributed by atoms with van der Waals surface area (Å²) in [6, 6.07) is 5.16. The lowest BCUT2D eigenvalue weighted by atomic mass is 10.1. The van der Waals surface area contributed by atoms with Gasteiger partial charge in [0.15, 0.2) is 0 Å². The van der Waals surface area contributed by atoms with E-state index in [1.54, 1.807) is 18.4 Å². The summed E-state index contributed by atoms with van der Waals surface area (Å²) in [7, 11) is 2.12. The highest BCUT2D eigenvalue weighted by Crippen LogP contribution is 2.26. The van der Waals surface area contributed by atoms with Crippen molar-refractivity contribution in [2.75, 3.05) is 33.2 Å². The van der Waals surface area contributed by atoms with Gasteiger partial charge in [0.1, 0.15) is 5.58 Å². The third-order valence-corrected chi connectivity index (χ3v) is 3.90. The number of hydrogen-bond donors (Lipinski definition) is 1. The van der Waals surface area contributed by atoms with Gasteiger partial charge < -0.3 is 14.4 Å². The summed E-state index contributed by atoms with van der Waals surface area (Å²) in [4.78, 5) is 16.0. The molecule has 1 saturated heterocycles. The van der Waals surface area contributed by atoms with Crippen LogP contribution in [0.25, 0.3) is 11.0 Å². The fraction of sp³-hybridized carbons (Fsp3) is 0.400. The van der Waals surface area contributed by atoms with Crippen LogP contribution >= 0.6 is 0 Å². The van der Waals surface area contributed by atoms with Crippen LogP contribution < -0.4 is 0 Å². The molecule has 106 valence electrons. The Morgan fingerprint density at radius 1 is 1.30 bits per heavy atom. The highest BCUT2D eigenvalue weighted by Gasteiger charge is 2.19. The van der Waals surface area contributed by atoms with E-state index in [0.29, 0.717) is 11.1 Å². The van der Waals surface area contributed by atoms with E-state index in [0.717, 1.165) is 43.7 Å². The number of piperazine rings is 1. The van der Waals surface area contributed by atoms with Crippen molar-refractivity contribution >= 4 is 16.9 Å². The van der Waals surface area contributed by atoms with E-state index < -0.39 is 5.97 Å². The number of furan rings is 1. The first-order valence-electron chi connectivity index (χ1n) is 6.78. The lowest BCUT2D eigenvalue weighted by Gasteiger charge is -2.32. The fourth-order valence-corrected chi connectivity index (χ4v) is 2.70. The standard InChI is InChI=1S/C15H18N2O3/c1-16-5-7-17(8-6-16)9-11-10-20-13-4-2-3-12(14(11)13)15(18)19/h2-4,10H,5-9H2,1H3,(H,18,19). The molecular weight excluding hydrogens is 256 g/mol. The van der Waals surface area contributed by atoms with Gasteiger partial charge in [0, 0.05) is 43.7 Å². The van der Waals surface area contributed by atoms with Crippen LogP contribution in [-0.2, 0) is 6.54 Å². The van der Waals surface area contributed by atoms with Crippen LogP contribution in [0.2, 0.25) is 0 Å². The summed E-state index contributed by atoms with van der Waals surface area (Å²) in [5.74, 6) is -0.906. The first-order valence-corrected chi connectivity index (χ1v) is 6.78. The maximum Gasteiger partial charge on any atom is 0.336 e. The third-order valence-electron chi connectivity index (χ3n) is 3.90. The number of hydrogen-bond acceptors (Lipinski definition) is 4. The van der Waals surface area contributed by atoms with Gasteiger partial charge in [0.05, 0.1) is 11.8 Å². The van der Waals surface area contributed by atoms with Crippen LogP contribution in [0.1, 0.15) is 15.9 Å². The molecule has 0 atom stereocenters. The van der Waals surface area contributed by atoms with Gasteiger partial charge in [-0.2, -0.15) is 0 Å². The van der Waals surface area contributed by atoms with Gasteiger partial charge in [-0.05, 0) is 19.2 Å². The molecule has 20 heavy (non-hydrogen) atoms. The van der Waals surface area contributed by atoms with Crippen molar-refractivity contribution in [1.82, 2.24) is 9.80 Å². The summed E-state index contributed by atoms with van der Waals surface area (Å²) in [6.45, 7) is 4.82. The van der Waals surface area contributed by atoms with Crippen LogP contribution in [-0.4, -0.2) is 54.1 Å². The number of aromatic carboxylic acids is 1. The van der Waals surface area contributed by atoms with Gasteiger partial charge in [-0.1, -0.05) is 6.07 Å². The van der Waals surface area contributed by atoms with Crippen LogP contribution in [0.15, 0.2) is 28.9 Å². The van der Waals surface area contributed by atoms with Crippen LogP contribution in [0.4, 0.5) is 0 Å². The van der Waals surface area contributed by atoms with Gasteiger partial charge in [-0.15, -0.1) is 0 Å². The molecule has 0 unspecified atom stereocenters. The predicted octanol–water partition coefficient (Wildman–Crippen LogP) is 1.88. The SMILES string of the molecule is CN1CCN(Cc2coc3cccc(C(=O)O)c23)CC1. The minimum Gasteiger partial charge on any atom is -0.478 e. The molecule has 0 aliphatic carbocycles. The predicted molar refractivity (Wildman–Crippen MR) is 75.9 cm³/mol. The maximum absolute atomic E-state index is 11.3. The zero-order valence-corrected chi connectivity index (χ0v) is 11.5. The molecule has 1 aliphatic rings. The Hall–Kier alpha value is -1.85. The van der Waals surface area contributed by atoms with Crippen molar-refractivity contribution in [2.24, 2.45) is 0 Å². The zero-order valence-electron chi connectivity index (χ0n) is 11.5. The molecule has 1 aromatic carbocycles. The van der Waals surface area contributed by atoms with Crippen molar-refractivity contribution < 1.29 is 14.3 Å². The summed E-state index contributed by atoms with van der Waals surface area (Å²) >= 11 is 0. The molecule has 1 aliphatic heterocycles. The molecule has 1 N–H and O–H groups in total. The Morgan fingerprint density at radius 3 is 2.75 bits per heavy atom. The van der Waals surface area contributed by atoms with Crippen molar-refractivity contribution in [3.05, 3.63) is 35.6 Å². The van der Waals surface area contributed by atoms with E-state index in [1.807, 2.05) is 6.07 Å². The molecule has 0 spiro atoms. The van der Waals surface area contributed by atoms with Crippen molar-refractivity contribution in [3.63, 3.8) is 0 Å². The van der Waals surface area contributed by atoms with Gasteiger partial charge in [-0.25, -0.2) is 4.79 Å². The molecule has 1 aromatic heterocycles. The number of carboxylic acid groups (broad SMARTS) is 1. The molecular formula is C15H18N2O3. The topological polar surface area (TPSA) is 56.9 Å².